The minimum atomic E-state index is -0.456. The Labute approximate surface area is 143 Å². The van der Waals surface area contributed by atoms with Gasteiger partial charge in [-0.2, -0.15) is 4.98 Å². The number of carbonyl (C=O) groups is 2. The molecule has 2 heterocycles. The van der Waals surface area contributed by atoms with Crippen LogP contribution in [0.25, 0.3) is 0 Å². The summed E-state index contributed by atoms with van der Waals surface area (Å²) >= 11 is 1.10. The van der Waals surface area contributed by atoms with Gasteiger partial charge in [-0.1, -0.05) is 30.3 Å². The molecule has 2 rings (SSSR count). The van der Waals surface area contributed by atoms with Gasteiger partial charge in [0.1, 0.15) is 4.88 Å². The van der Waals surface area contributed by atoms with Crippen LogP contribution in [0.5, 0.6) is 0 Å². The average Bonchev–Trinajstić information content (AvgIpc) is 3.13. The van der Waals surface area contributed by atoms with E-state index in [1.165, 1.54) is 7.11 Å². The van der Waals surface area contributed by atoms with Crippen LogP contribution in [0.3, 0.4) is 0 Å². The van der Waals surface area contributed by atoms with Crippen molar-refractivity contribution < 1.29 is 18.8 Å². The molecular formula is C15H20N4O4S. The summed E-state index contributed by atoms with van der Waals surface area (Å²) in [4.78, 5) is 32.3. The van der Waals surface area contributed by atoms with Crippen molar-refractivity contribution in [3.05, 3.63) is 22.3 Å². The third-order valence-electron chi connectivity index (χ3n) is 3.21. The molecule has 0 aliphatic carbocycles. The van der Waals surface area contributed by atoms with E-state index in [-0.39, 0.29) is 11.8 Å². The fraction of sp³-hybridized carbons (Fsp3) is 0.533. The Morgan fingerprint density at radius 3 is 2.71 bits per heavy atom. The highest BCUT2D eigenvalue weighted by atomic mass is 32.1. The zero-order valence-corrected chi connectivity index (χ0v) is 14.9. The van der Waals surface area contributed by atoms with Gasteiger partial charge in [0.15, 0.2) is 11.0 Å². The number of amides is 1. The molecule has 0 aliphatic rings. The number of rotatable bonds is 7. The maximum Gasteiger partial charge on any atom is 0.350 e. The molecule has 0 fully saturated rings. The van der Waals surface area contributed by atoms with Crippen molar-refractivity contribution in [1.29, 1.82) is 0 Å². The molecular weight excluding hydrogens is 332 g/mol. The van der Waals surface area contributed by atoms with E-state index in [1.807, 2.05) is 13.8 Å². The van der Waals surface area contributed by atoms with Gasteiger partial charge in [0, 0.05) is 18.8 Å². The number of ether oxygens (including phenoxy) is 1. The number of aryl methyl sites for hydroxylation is 2. The first kappa shape index (κ1) is 18.1. The summed E-state index contributed by atoms with van der Waals surface area (Å²) in [7, 11) is 1.31. The van der Waals surface area contributed by atoms with Gasteiger partial charge in [-0.3, -0.25) is 4.79 Å². The van der Waals surface area contributed by atoms with Gasteiger partial charge in [-0.05, 0) is 13.3 Å². The van der Waals surface area contributed by atoms with Crippen LogP contribution < -0.4 is 5.32 Å². The molecule has 0 aromatic carbocycles. The van der Waals surface area contributed by atoms with Gasteiger partial charge in [0.2, 0.25) is 11.8 Å². The molecule has 1 amide bonds. The molecule has 0 bridgehead atoms. The number of nitrogens with zero attached hydrogens (tertiary/aromatic N) is 3. The molecule has 130 valence electrons. The minimum absolute atomic E-state index is 0.177. The van der Waals surface area contributed by atoms with Crippen LogP contribution >= 0.6 is 11.3 Å². The van der Waals surface area contributed by atoms with Crippen molar-refractivity contribution in [3.8, 4) is 0 Å². The second-order valence-corrected chi connectivity index (χ2v) is 6.53. The Bertz CT molecular complexity index is 723. The fourth-order valence-electron chi connectivity index (χ4n) is 1.92. The van der Waals surface area contributed by atoms with Gasteiger partial charge in [0.05, 0.1) is 12.8 Å². The van der Waals surface area contributed by atoms with Gasteiger partial charge < -0.3 is 14.6 Å². The van der Waals surface area contributed by atoms with Crippen molar-refractivity contribution in [3.63, 3.8) is 0 Å². The average molecular weight is 352 g/mol. The predicted molar refractivity (Wildman–Crippen MR) is 88.1 cm³/mol. The van der Waals surface area contributed by atoms with Gasteiger partial charge >= 0.3 is 5.97 Å². The number of thiazole rings is 1. The zero-order valence-electron chi connectivity index (χ0n) is 14.1. The summed E-state index contributed by atoms with van der Waals surface area (Å²) in [5, 5.41) is 6.95. The topological polar surface area (TPSA) is 107 Å². The highest BCUT2D eigenvalue weighted by Gasteiger charge is 2.17. The molecule has 0 atom stereocenters. The number of anilines is 1. The van der Waals surface area contributed by atoms with E-state index in [1.54, 1.807) is 6.92 Å². The van der Waals surface area contributed by atoms with Crippen molar-refractivity contribution in [2.75, 3.05) is 12.4 Å². The summed E-state index contributed by atoms with van der Waals surface area (Å²) in [6.07, 6.45) is 1.42. The predicted octanol–water partition coefficient (Wildman–Crippen LogP) is 2.71. The van der Waals surface area contributed by atoms with Crippen LogP contribution in [0.2, 0.25) is 0 Å². The lowest BCUT2D eigenvalue weighted by atomic mass is 10.2. The Hall–Kier alpha value is -2.29. The Morgan fingerprint density at radius 1 is 1.33 bits per heavy atom. The van der Waals surface area contributed by atoms with Gasteiger partial charge in [0.25, 0.3) is 0 Å². The lowest BCUT2D eigenvalue weighted by molar-refractivity contribution is -0.116. The van der Waals surface area contributed by atoms with Crippen molar-refractivity contribution in [2.24, 2.45) is 0 Å². The van der Waals surface area contributed by atoms with E-state index in [0.29, 0.717) is 46.7 Å². The van der Waals surface area contributed by atoms with Crippen molar-refractivity contribution in [1.82, 2.24) is 15.1 Å². The summed E-state index contributed by atoms with van der Waals surface area (Å²) in [6.45, 7) is 5.67. The van der Waals surface area contributed by atoms with E-state index in [4.69, 9.17) is 4.52 Å². The summed E-state index contributed by atoms with van der Waals surface area (Å²) < 4.78 is 9.79. The molecule has 1 N–H and O–H groups in total. The Morgan fingerprint density at radius 2 is 2.08 bits per heavy atom. The number of carbonyl (C=O) groups excluding carboxylic acids is 2. The lowest BCUT2D eigenvalue weighted by Crippen LogP contribution is -2.11. The molecule has 0 aliphatic heterocycles. The lowest BCUT2D eigenvalue weighted by Gasteiger charge is -2.00. The van der Waals surface area contributed by atoms with Crippen LogP contribution in [-0.2, 0) is 16.0 Å². The van der Waals surface area contributed by atoms with E-state index >= 15 is 0 Å². The Balaban J connectivity index is 1.82. The standard InChI is InChI=1S/C15H20N4O4S/c1-8(2)13-18-11(23-19-13)7-5-6-10(20)17-15-16-9(3)12(24-15)14(21)22-4/h8H,5-7H2,1-4H3,(H,16,17,20). The van der Waals surface area contributed by atoms with Crippen LogP contribution in [0.4, 0.5) is 5.13 Å². The summed E-state index contributed by atoms with van der Waals surface area (Å²) in [5.74, 6) is 0.780. The third-order valence-corrected chi connectivity index (χ3v) is 4.26. The number of hydrogen-bond acceptors (Lipinski definition) is 8. The quantitative estimate of drug-likeness (QED) is 0.763. The first-order valence-corrected chi connectivity index (χ1v) is 8.40. The van der Waals surface area contributed by atoms with Crippen LogP contribution in [0.15, 0.2) is 4.52 Å². The smallest absolute Gasteiger partial charge is 0.350 e. The maximum atomic E-state index is 11.9. The largest absolute Gasteiger partial charge is 0.465 e. The number of esters is 1. The van der Waals surface area contributed by atoms with Crippen molar-refractivity contribution in [2.45, 2.75) is 46.0 Å². The first-order chi connectivity index (χ1) is 11.4. The highest BCUT2D eigenvalue weighted by molar-refractivity contribution is 7.17. The van der Waals surface area contributed by atoms with Gasteiger partial charge in [-0.15, -0.1) is 0 Å². The van der Waals surface area contributed by atoms with Crippen LogP contribution in [-0.4, -0.2) is 34.1 Å². The Kier molecular flexibility index (Phi) is 6.02. The second-order valence-electron chi connectivity index (χ2n) is 5.53. The highest BCUT2D eigenvalue weighted by Crippen LogP contribution is 2.23. The molecule has 0 unspecified atom stereocenters. The number of hydrogen-bond donors (Lipinski definition) is 1. The molecule has 0 radical (unpaired) electrons. The van der Waals surface area contributed by atoms with Crippen LogP contribution in [0, 0.1) is 6.92 Å². The SMILES string of the molecule is COC(=O)c1sc(NC(=O)CCCc2nc(C(C)C)no2)nc1C. The number of aromatic nitrogens is 3. The van der Waals surface area contributed by atoms with Crippen molar-refractivity contribution >= 4 is 28.3 Å². The molecule has 8 nitrogen and oxygen atoms in total. The van der Waals surface area contributed by atoms with E-state index < -0.39 is 5.97 Å². The molecule has 0 spiro atoms. The molecule has 2 aromatic heterocycles. The maximum absolute atomic E-state index is 11.9. The molecule has 0 saturated carbocycles. The third kappa shape index (κ3) is 4.60. The first-order valence-electron chi connectivity index (χ1n) is 7.58. The monoisotopic (exact) mass is 352 g/mol. The fourth-order valence-corrected chi connectivity index (χ4v) is 2.82. The van der Waals surface area contributed by atoms with E-state index in [0.717, 1.165) is 11.3 Å². The summed E-state index contributed by atoms with van der Waals surface area (Å²) in [6, 6.07) is 0. The zero-order chi connectivity index (χ0) is 17.7. The molecule has 0 saturated heterocycles. The van der Waals surface area contributed by atoms with E-state index in [9.17, 15) is 9.59 Å². The normalized spacial score (nSPS) is 10.9. The van der Waals surface area contributed by atoms with Crippen LogP contribution in [0.1, 0.15) is 59.7 Å². The minimum Gasteiger partial charge on any atom is -0.465 e. The van der Waals surface area contributed by atoms with Gasteiger partial charge in [-0.25, -0.2) is 9.78 Å². The second kappa shape index (κ2) is 8.00. The van der Waals surface area contributed by atoms with E-state index in [2.05, 4.69) is 25.2 Å². The summed E-state index contributed by atoms with van der Waals surface area (Å²) in [5.41, 5.74) is 0.536. The number of methoxy groups -OCH3 is 1. The number of nitrogens with one attached hydrogen (secondary N) is 1. The molecule has 9 heteroatoms. The molecule has 2 aromatic rings. The molecule has 24 heavy (non-hydrogen) atoms.